The zero-order chi connectivity index (χ0) is 9.19. The summed E-state index contributed by atoms with van der Waals surface area (Å²) in [5.74, 6) is 0.830. The van der Waals surface area contributed by atoms with Gasteiger partial charge in [0, 0.05) is 0 Å². The Morgan fingerprint density at radius 3 is 2.75 bits per heavy atom. The zero-order valence-electron chi connectivity index (χ0n) is 7.29. The van der Waals surface area contributed by atoms with Crippen molar-refractivity contribution >= 4 is 9.84 Å². The lowest BCUT2D eigenvalue weighted by Crippen LogP contribution is -2.21. The summed E-state index contributed by atoms with van der Waals surface area (Å²) in [6.45, 7) is 2.63. The van der Waals surface area contributed by atoms with Crippen LogP contribution in [0.15, 0.2) is 11.6 Å². The molecule has 0 aromatic carbocycles. The lowest BCUT2D eigenvalue weighted by Gasteiger charge is -2.17. The highest BCUT2D eigenvalue weighted by atomic mass is 32.2. The monoisotopic (exact) mass is 189 g/mol. The molecule has 1 aliphatic heterocycles. The van der Waals surface area contributed by atoms with Gasteiger partial charge in [-0.25, -0.2) is 8.42 Å². The van der Waals surface area contributed by atoms with Gasteiger partial charge >= 0.3 is 0 Å². The van der Waals surface area contributed by atoms with Crippen LogP contribution >= 0.6 is 0 Å². The lowest BCUT2D eigenvalue weighted by molar-refractivity contribution is 0.589. The Kier molecular flexibility index (Phi) is 2.90. The molecule has 0 radical (unpaired) electrons. The summed E-state index contributed by atoms with van der Waals surface area (Å²) in [4.78, 5) is 0. The van der Waals surface area contributed by atoms with Crippen molar-refractivity contribution in [3.8, 4) is 0 Å². The van der Waals surface area contributed by atoms with Crippen LogP contribution < -0.4 is 5.73 Å². The fourth-order valence-corrected chi connectivity index (χ4v) is 2.47. The Hall–Kier alpha value is -0.350. The summed E-state index contributed by atoms with van der Waals surface area (Å²) >= 11 is 0. The van der Waals surface area contributed by atoms with E-state index >= 15 is 0 Å². The fraction of sp³-hybridized carbons (Fsp3) is 0.750. The first kappa shape index (κ1) is 9.74. The van der Waals surface area contributed by atoms with E-state index in [4.69, 9.17) is 5.73 Å². The van der Waals surface area contributed by atoms with Crippen LogP contribution in [0.4, 0.5) is 0 Å². The predicted octanol–water partition coefficient (Wildman–Crippen LogP) is 0.326. The summed E-state index contributed by atoms with van der Waals surface area (Å²) < 4.78 is 22.1. The highest BCUT2D eigenvalue weighted by molar-refractivity contribution is 7.91. The van der Waals surface area contributed by atoms with E-state index in [0.29, 0.717) is 24.6 Å². The molecule has 1 aliphatic rings. The summed E-state index contributed by atoms with van der Waals surface area (Å²) in [6, 6.07) is 0. The summed E-state index contributed by atoms with van der Waals surface area (Å²) in [7, 11) is -2.77. The molecule has 70 valence electrons. The molecule has 1 heterocycles. The fourth-order valence-electron chi connectivity index (χ4n) is 1.29. The van der Waals surface area contributed by atoms with Crippen molar-refractivity contribution in [3.63, 3.8) is 0 Å². The molecule has 1 rings (SSSR count). The number of sulfone groups is 1. The first-order valence-electron chi connectivity index (χ1n) is 4.14. The van der Waals surface area contributed by atoms with Gasteiger partial charge in [0.2, 0.25) is 0 Å². The Morgan fingerprint density at radius 1 is 1.67 bits per heavy atom. The van der Waals surface area contributed by atoms with E-state index in [1.807, 2.05) is 13.0 Å². The Labute approximate surface area is 73.6 Å². The van der Waals surface area contributed by atoms with Crippen LogP contribution in [0.3, 0.4) is 0 Å². The molecule has 3 nitrogen and oxygen atoms in total. The van der Waals surface area contributed by atoms with E-state index < -0.39 is 9.84 Å². The lowest BCUT2D eigenvalue weighted by atomic mass is 9.99. The third-order valence-electron chi connectivity index (χ3n) is 2.29. The molecular weight excluding hydrogens is 174 g/mol. The van der Waals surface area contributed by atoms with Gasteiger partial charge < -0.3 is 5.73 Å². The van der Waals surface area contributed by atoms with Crippen LogP contribution in [-0.4, -0.2) is 26.5 Å². The summed E-state index contributed by atoms with van der Waals surface area (Å²) in [5.41, 5.74) is 6.68. The standard InChI is InChI=1S/C8H15NO2S/c1-7(6-9)8-2-4-12(10,11)5-3-8/h2,7H,3-6,9H2,1H3. The van der Waals surface area contributed by atoms with E-state index in [-0.39, 0.29) is 5.75 Å². The van der Waals surface area contributed by atoms with E-state index in [2.05, 4.69) is 0 Å². The molecule has 0 fully saturated rings. The van der Waals surface area contributed by atoms with Crippen molar-refractivity contribution < 1.29 is 8.42 Å². The highest BCUT2D eigenvalue weighted by Gasteiger charge is 2.18. The van der Waals surface area contributed by atoms with E-state index in [0.717, 1.165) is 0 Å². The first-order valence-corrected chi connectivity index (χ1v) is 5.97. The SMILES string of the molecule is CC(CN)C1=CCS(=O)(=O)CC1. The predicted molar refractivity (Wildman–Crippen MR) is 49.6 cm³/mol. The van der Waals surface area contributed by atoms with E-state index in [1.165, 1.54) is 5.57 Å². The maximum atomic E-state index is 11.0. The number of rotatable bonds is 2. The molecule has 0 aromatic heterocycles. The first-order chi connectivity index (χ1) is 5.55. The van der Waals surface area contributed by atoms with Gasteiger partial charge in [-0.05, 0) is 18.9 Å². The van der Waals surface area contributed by atoms with Crippen molar-refractivity contribution in [1.29, 1.82) is 0 Å². The molecule has 12 heavy (non-hydrogen) atoms. The van der Waals surface area contributed by atoms with Gasteiger partial charge in [-0.2, -0.15) is 0 Å². The maximum absolute atomic E-state index is 11.0. The van der Waals surface area contributed by atoms with Crippen molar-refractivity contribution in [2.24, 2.45) is 11.7 Å². The largest absolute Gasteiger partial charge is 0.330 e. The second-order valence-corrected chi connectivity index (χ2v) is 5.51. The minimum Gasteiger partial charge on any atom is -0.330 e. The number of hydrogen-bond donors (Lipinski definition) is 1. The topological polar surface area (TPSA) is 60.2 Å². The summed E-state index contributed by atoms with van der Waals surface area (Å²) in [5, 5.41) is 0. The average molecular weight is 189 g/mol. The van der Waals surface area contributed by atoms with Crippen LogP contribution in [-0.2, 0) is 9.84 Å². The molecule has 0 bridgehead atoms. The molecule has 0 aromatic rings. The average Bonchev–Trinajstić information content (AvgIpc) is 2.03. The van der Waals surface area contributed by atoms with Crippen molar-refractivity contribution in [2.75, 3.05) is 18.1 Å². The second-order valence-electron chi connectivity index (χ2n) is 3.28. The molecule has 0 spiro atoms. The minimum atomic E-state index is -2.77. The van der Waals surface area contributed by atoms with Crippen LogP contribution in [0.1, 0.15) is 13.3 Å². The molecule has 0 saturated carbocycles. The Morgan fingerprint density at radius 2 is 2.33 bits per heavy atom. The van der Waals surface area contributed by atoms with E-state index in [9.17, 15) is 8.42 Å². The quantitative estimate of drug-likeness (QED) is 0.637. The maximum Gasteiger partial charge on any atom is 0.154 e. The smallest absolute Gasteiger partial charge is 0.154 e. The van der Waals surface area contributed by atoms with Gasteiger partial charge in [-0.1, -0.05) is 18.6 Å². The van der Waals surface area contributed by atoms with Crippen LogP contribution in [0.25, 0.3) is 0 Å². The zero-order valence-corrected chi connectivity index (χ0v) is 8.10. The van der Waals surface area contributed by atoms with Gasteiger partial charge in [0.1, 0.15) is 0 Å². The normalized spacial score (nSPS) is 24.7. The van der Waals surface area contributed by atoms with Crippen LogP contribution in [0.2, 0.25) is 0 Å². The second kappa shape index (κ2) is 3.58. The van der Waals surface area contributed by atoms with E-state index in [1.54, 1.807) is 0 Å². The van der Waals surface area contributed by atoms with Gasteiger partial charge in [0.05, 0.1) is 11.5 Å². The molecule has 0 aliphatic carbocycles. The Balaban J connectivity index is 2.68. The van der Waals surface area contributed by atoms with Gasteiger partial charge in [-0.3, -0.25) is 0 Å². The van der Waals surface area contributed by atoms with Crippen molar-refractivity contribution in [2.45, 2.75) is 13.3 Å². The van der Waals surface area contributed by atoms with Gasteiger partial charge in [0.25, 0.3) is 0 Å². The molecule has 2 N–H and O–H groups in total. The molecular formula is C8H15NO2S. The highest BCUT2D eigenvalue weighted by Crippen LogP contribution is 2.19. The molecule has 4 heteroatoms. The Bertz CT molecular complexity index is 279. The van der Waals surface area contributed by atoms with Crippen molar-refractivity contribution in [1.82, 2.24) is 0 Å². The van der Waals surface area contributed by atoms with Gasteiger partial charge in [0.15, 0.2) is 9.84 Å². The number of nitrogens with two attached hydrogens (primary N) is 1. The number of hydrogen-bond acceptors (Lipinski definition) is 3. The molecule has 0 saturated heterocycles. The summed E-state index contributed by atoms with van der Waals surface area (Å²) in [6.07, 6.45) is 2.48. The third-order valence-corrected chi connectivity index (χ3v) is 3.79. The molecule has 1 unspecified atom stereocenters. The van der Waals surface area contributed by atoms with Crippen molar-refractivity contribution in [3.05, 3.63) is 11.6 Å². The van der Waals surface area contributed by atoms with Crippen LogP contribution in [0.5, 0.6) is 0 Å². The minimum absolute atomic E-state index is 0.201. The molecule has 0 amide bonds. The third kappa shape index (κ3) is 2.32. The molecule has 1 atom stereocenters. The van der Waals surface area contributed by atoms with Crippen LogP contribution in [0, 0.1) is 5.92 Å². The van der Waals surface area contributed by atoms with Gasteiger partial charge in [-0.15, -0.1) is 0 Å².